The van der Waals surface area contributed by atoms with E-state index >= 15 is 0 Å². The van der Waals surface area contributed by atoms with Gasteiger partial charge in [0.15, 0.2) is 5.76 Å². The summed E-state index contributed by atoms with van der Waals surface area (Å²) < 4.78 is 5.16. The average Bonchev–Trinajstić information content (AvgIpc) is 3.20. The van der Waals surface area contributed by atoms with Crippen molar-refractivity contribution in [1.82, 2.24) is 9.80 Å². The summed E-state index contributed by atoms with van der Waals surface area (Å²) in [6, 6.07) is 11.3. The first-order valence-corrected chi connectivity index (χ1v) is 8.90. The van der Waals surface area contributed by atoms with Crippen molar-refractivity contribution < 1.29 is 14.0 Å². The van der Waals surface area contributed by atoms with Crippen LogP contribution < -0.4 is 0 Å². The molecule has 2 aromatic rings. The predicted octanol–water partition coefficient (Wildman–Crippen LogP) is 3.22. The van der Waals surface area contributed by atoms with E-state index in [1.54, 1.807) is 17.0 Å². The molecule has 0 radical (unpaired) electrons. The maximum absolute atomic E-state index is 12.6. The molecule has 0 spiro atoms. The second-order valence-corrected chi connectivity index (χ2v) is 6.36. The zero-order chi connectivity index (χ0) is 17.6. The van der Waals surface area contributed by atoms with Crippen molar-refractivity contribution in [2.75, 3.05) is 26.2 Å². The smallest absolute Gasteiger partial charge is 0.289 e. The van der Waals surface area contributed by atoms with E-state index in [9.17, 15) is 9.59 Å². The zero-order valence-electron chi connectivity index (χ0n) is 14.6. The molecule has 0 N–H and O–H groups in total. The molecule has 0 atom stereocenters. The highest BCUT2D eigenvalue weighted by Gasteiger charge is 2.26. The van der Waals surface area contributed by atoms with Crippen molar-refractivity contribution in [3.8, 4) is 0 Å². The number of hydrogen-bond acceptors (Lipinski definition) is 3. The van der Waals surface area contributed by atoms with Crippen LogP contribution in [-0.4, -0.2) is 47.8 Å². The molecular formula is C20H24N2O3. The fraction of sp³-hybridized carbons (Fsp3) is 0.400. The van der Waals surface area contributed by atoms with Crippen LogP contribution >= 0.6 is 0 Å². The van der Waals surface area contributed by atoms with E-state index in [4.69, 9.17) is 4.42 Å². The summed E-state index contributed by atoms with van der Waals surface area (Å²) in [5.74, 6) is 0.270. The van der Waals surface area contributed by atoms with E-state index in [2.05, 4.69) is 6.92 Å². The van der Waals surface area contributed by atoms with Gasteiger partial charge in [-0.05, 0) is 42.7 Å². The molecule has 5 heteroatoms. The molecule has 1 aromatic carbocycles. The molecule has 1 aromatic heterocycles. The number of benzene rings is 1. The Morgan fingerprint density at radius 1 is 0.960 bits per heavy atom. The van der Waals surface area contributed by atoms with Crippen LogP contribution in [0.15, 0.2) is 47.1 Å². The number of unbranched alkanes of at least 4 members (excludes halogenated alkanes) is 1. The highest BCUT2D eigenvalue weighted by atomic mass is 16.3. The molecule has 2 amide bonds. The lowest BCUT2D eigenvalue weighted by molar-refractivity contribution is 0.0518. The largest absolute Gasteiger partial charge is 0.459 e. The van der Waals surface area contributed by atoms with Gasteiger partial charge in [0.2, 0.25) is 0 Å². The van der Waals surface area contributed by atoms with E-state index < -0.39 is 0 Å². The van der Waals surface area contributed by atoms with E-state index in [0.717, 1.165) is 6.42 Å². The third-order valence-electron chi connectivity index (χ3n) is 4.61. The number of aryl methyl sites for hydroxylation is 1. The lowest BCUT2D eigenvalue weighted by atomic mass is 10.1. The molecule has 2 heterocycles. The van der Waals surface area contributed by atoms with Gasteiger partial charge in [0.25, 0.3) is 11.8 Å². The molecular weight excluding hydrogens is 316 g/mol. The van der Waals surface area contributed by atoms with Gasteiger partial charge in [0.05, 0.1) is 6.26 Å². The van der Waals surface area contributed by atoms with Crippen LogP contribution in [0.3, 0.4) is 0 Å². The molecule has 1 fully saturated rings. The maximum atomic E-state index is 12.6. The van der Waals surface area contributed by atoms with Crippen molar-refractivity contribution in [3.63, 3.8) is 0 Å². The van der Waals surface area contributed by atoms with Crippen LogP contribution in [0.1, 0.15) is 46.2 Å². The molecule has 0 unspecified atom stereocenters. The molecule has 1 saturated heterocycles. The third-order valence-corrected chi connectivity index (χ3v) is 4.61. The Labute approximate surface area is 148 Å². The molecule has 25 heavy (non-hydrogen) atoms. The maximum Gasteiger partial charge on any atom is 0.289 e. The van der Waals surface area contributed by atoms with Crippen LogP contribution in [0.5, 0.6) is 0 Å². The Kier molecular flexibility index (Phi) is 5.53. The van der Waals surface area contributed by atoms with Crippen molar-refractivity contribution in [2.45, 2.75) is 26.2 Å². The number of carbonyl (C=O) groups is 2. The summed E-state index contributed by atoms with van der Waals surface area (Å²) >= 11 is 0. The summed E-state index contributed by atoms with van der Waals surface area (Å²) in [5, 5.41) is 0. The van der Waals surface area contributed by atoms with Crippen LogP contribution in [0.2, 0.25) is 0 Å². The number of amides is 2. The zero-order valence-corrected chi connectivity index (χ0v) is 14.6. The normalized spacial score (nSPS) is 14.6. The van der Waals surface area contributed by atoms with Gasteiger partial charge in [-0.1, -0.05) is 25.5 Å². The van der Waals surface area contributed by atoms with E-state index in [1.165, 1.54) is 24.7 Å². The first kappa shape index (κ1) is 17.3. The summed E-state index contributed by atoms with van der Waals surface area (Å²) in [7, 11) is 0. The highest BCUT2D eigenvalue weighted by molar-refractivity contribution is 5.95. The lowest BCUT2D eigenvalue weighted by Gasteiger charge is -2.34. The topological polar surface area (TPSA) is 53.8 Å². The van der Waals surface area contributed by atoms with E-state index in [0.29, 0.717) is 37.5 Å². The minimum absolute atomic E-state index is 0.0344. The fourth-order valence-corrected chi connectivity index (χ4v) is 3.05. The van der Waals surface area contributed by atoms with Gasteiger partial charge in [0, 0.05) is 31.7 Å². The molecule has 1 aliphatic heterocycles. The molecule has 132 valence electrons. The Morgan fingerprint density at radius 3 is 2.16 bits per heavy atom. The Morgan fingerprint density at radius 2 is 1.60 bits per heavy atom. The first-order chi connectivity index (χ1) is 12.2. The number of carbonyl (C=O) groups excluding carboxylic acids is 2. The van der Waals surface area contributed by atoms with Crippen molar-refractivity contribution in [2.24, 2.45) is 0 Å². The second-order valence-electron chi connectivity index (χ2n) is 6.36. The van der Waals surface area contributed by atoms with Gasteiger partial charge >= 0.3 is 0 Å². The highest BCUT2D eigenvalue weighted by Crippen LogP contribution is 2.14. The third kappa shape index (κ3) is 4.10. The summed E-state index contributed by atoms with van der Waals surface area (Å²) in [6.45, 7) is 4.32. The van der Waals surface area contributed by atoms with Gasteiger partial charge in [-0.15, -0.1) is 0 Å². The monoisotopic (exact) mass is 340 g/mol. The molecule has 0 saturated carbocycles. The molecule has 0 bridgehead atoms. The van der Waals surface area contributed by atoms with Gasteiger partial charge < -0.3 is 14.2 Å². The SMILES string of the molecule is CCCCc1ccc(C(=O)N2CCN(C(=O)c3ccco3)CC2)cc1. The fourth-order valence-electron chi connectivity index (χ4n) is 3.05. The van der Waals surface area contributed by atoms with Gasteiger partial charge in [-0.2, -0.15) is 0 Å². The molecule has 0 aliphatic carbocycles. The summed E-state index contributed by atoms with van der Waals surface area (Å²) in [5.41, 5.74) is 1.98. The minimum Gasteiger partial charge on any atom is -0.459 e. The Bertz CT molecular complexity index is 699. The van der Waals surface area contributed by atoms with E-state index in [1.807, 2.05) is 29.2 Å². The number of furan rings is 1. The van der Waals surface area contributed by atoms with Gasteiger partial charge in [-0.25, -0.2) is 0 Å². The second kappa shape index (κ2) is 8.01. The average molecular weight is 340 g/mol. The Balaban J connectivity index is 1.55. The lowest BCUT2D eigenvalue weighted by Crippen LogP contribution is -2.50. The van der Waals surface area contributed by atoms with Crippen molar-refractivity contribution in [3.05, 3.63) is 59.5 Å². The summed E-state index contributed by atoms with van der Waals surface area (Å²) in [4.78, 5) is 28.4. The number of hydrogen-bond donors (Lipinski definition) is 0. The Hall–Kier alpha value is -2.56. The predicted molar refractivity (Wildman–Crippen MR) is 95.6 cm³/mol. The van der Waals surface area contributed by atoms with E-state index in [-0.39, 0.29) is 11.8 Å². The quantitative estimate of drug-likeness (QED) is 0.840. The minimum atomic E-state index is -0.114. The summed E-state index contributed by atoms with van der Waals surface area (Å²) in [6.07, 6.45) is 4.89. The molecule has 5 nitrogen and oxygen atoms in total. The van der Waals surface area contributed by atoms with Crippen molar-refractivity contribution in [1.29, 1.82) is 0 Å². The standard InChI is InChI=1S/C20H24N2O3/c1-2-3-5-16-7-9-17(10-8-16)19(23)21-11-13-22(14-12-21)20(24)18-6-4-15-25-18/h4,6-10,15H,2-3,5,11-14H2,1H3. The number of nitrogens with zero attached hydrogens (tertiary/aromatic N) is 2. The molecule has 1 aliphatic rings. The van der Waals surface area contributed by atoms with Crippen LogP contribution in [0, 0.1) is 0 Å². The van der Waals surface area contributed by atoms with Crippen LogP contribution in [0.25, 0.3) is 0 Å². The molecule has 3 rings (SSSR count). The van der Waals surface area contributed by atoms with Gasteiger partial charge in [-0.3, -0.25) is 9.59 Å². The van der Waals surface area contributed by atoms with Crippen LogP contribution in [0.4, 0.5) is 0 Å². The van der Waals surface area contributed by atoms with Crippen LogP contribution in [-0.2, 0) is 6.42 Å². The number of piperazine rings is 1. The first-order valence-electron chi connectivity index (χ1n) is 8.90. The number of rotatable bonds is 5. The van der Waals surface area contributed by atoms with Gasteiger partial charge in [0.1, 0.15) is 0 Å². The van der Waals surface area contributed by atoms with Crippen molar-refractivity contribution >= 4 is 11.8 Å².